The first-order chi connectivity index (χ1) is 15.2. The zero-order valence-electron chi connectivity index (χ0n) is 18.7. The molecule has 172 valence electrons. The van der Waals surface area contributed by atoms with Crippen molar-refractivity contribution in [2.75, 3.05) is 16.8 Å². The molecule has 0 bridgehead atoms. The number of rotatable bonds is 5. The molecule has 0 saturated heterocycles. The van der Waals surface area contributed by atoms with Crippen LogP contribution in [0.2, 0.25) is 0 Å². The summed E-state index contributed by atoms with van der Waals surface area (Å²) in [6.45, 7) is 5.21. The van der Waals surface area contributed by atoms with Gasteiger partial charge in [-0.05, 0) is 48.6 Å². The van der Waals surface area contributed by atoms with Gasteiger partial charge < -0.3 is 10.2 Å². The summed E-state index contributed by atoms with van der Waals surface area (Å²) in [6, 6.07) is 15.6. The lowest BCUT2D eigenvalue weighted by Crippen LogP contribution is -2.34. The maximum atomic E-state index is 12.8. The van der Waals surface area contributed by atoms with Crippen molar-refractivity contribution < 1.29 is 18.0 Å². The average Bonchev–Trinajstić information content (AvgIpc) is 3.06. The molecule has 3 nitrogen and oxygen atoms in total. The summed E-state index contributed by atoms with van der Waals surface area (Å²) in [4.78, 5) is 13.9. The lowest BCUT2D eigenvalue weighted by atomic mass is 9.73. The molecule has 6 heteroatoms. The van der Waals surface area contributed by atoms with E-state index in [9.17, 15) is 18.0 Å². The summed E-state index contributed by atoms with van der Waals surface area (Å²) in [6.07, 6.45) is 2.31. The molecule has 32 heavy (non-hydrogen) atoms. The largest absolute Gasteiger partial charge is 0.471 e. The van der Waals surface area contributed by atoms with Gasteiger partial charge in [-0.1, -0.05) is 69.4 Å². The quantitative estimate of drug-likeness (QED) is 0.539. The molecule has 0 radical (unpaired) electrons. The highest BCUT2D eigenvalue weighted by atomic mass is 19.4. The molecular formula is C26H31F3N2O. The van der Waals surface area contributed by atoms with Crippen LogP contribution >= 0.6 is 0 Å². The number of nitrogens with one attached hydrogen (secondary N) is 1. The molecule has 1 fully saturated rings. The predicted octanol–water partition coefficient (Wildman–Crippen LogP) is 7.00. The van der Waals surface area contributed by atoms with Crippen molar-refractivity contribution in [2.45, 2.75) is 70.0 Å². The summed E-state index contributed by atoms with van der Waals surface area (Å²) in [5, 5.41) is 2.05. The van der Waals surface area contributed by atoms with Gasteiger partial charge in [0.1, 0.15) is 0 Å². The summed E-state index contributed by atoms with van der Waals surface area (Å²) in [5.41, 5.74) is 3.31. The summed E-state index contributed by atoms with van der Waals surface area (Å²) in [7, 11) is 0. The fraction of sp³-hybridized carbons (Fsp3) is 0.500. The van der Waals surface area contributed by atoms with E-state index in [-0.39, 0.29) is 17.1 Å². The second-order valence-corrected chi connectivity index (χ2v) is 9.67. The monoisotopic (exact) mass is 444 g/mol. The molecule has 0 aromatic heterocycles. The molecule has 2 unspecified atom stereocenters. The number of alkyl halides is 3. The summed E-state index contributed by atoms with van der Waals surface area (Å²) >= 11 is 0. The van der Waals surface area contributed by atoms with Gasteiger partial charge >= 0.3 is 12.1 Å². The fourth-order valence-electron chi connectivity index (χ4n) is 5.56. The van der Waals surface area contributed by atoms with Crippen molar-refractivity contribution in [3.05, 3.63) is 59.7 Å². The second kappa shape index (κ2) is 8.80. The first-order valence-electron chi connectivity index (χ1n) is 11.5. The first kappa shape index (κ1) is 22.7. The Balaban J connectivity index is 1.68. The molecule has 1 aliphatic carbocycles. The Hall–Kier alpha value is -2.50. The van der Waals surface area contributed by atoms with Gasteiger partial charge in [0, 0.05) is 23.3 Å². The molecule has 4 rings (SSSR count). The first-order valence-corrected chi connectivity index (χ1v) is 11.5. The van der Waals surface area contributed by atoms with Crippen LogP contribution in [0.3, 0.4) is 0 Å². The lowest BCUT2D eigenvalue weighted by molar-refractivity contribution is -0.167. The number of nitrogens with zero attached hydrogens (tertiary/aromatic N) is 1. The van der Waals surface area contributed by atoms with Crippen molar-refractivity contribution in [1.29, 1.82) is 0 Å². The molecule has 0 spiro atoms. The van der Waals surface area contributed by atoms with Crippen LogP contribution in [-0.4, -0.2) is 18.6 Å². The van der Waals surface area contributed by atoms with Crippen LogP contribution in [0.1, 0.15) is 69.5 Å². The van der Waals surface area contributed by atoms with Crippen molar-refractivity contribution in [1.82, 2.24) is 0 Å². The Morgan fingerprint density at radius 2 is 1.81 bits per heavy atom. The minimum absolute atomic E-state index is 0.138. The van der Waals surface area contributed by atoms with Crippen LogP contribution in [0.15, 0.2) is 48.5 Å². The number of amides is 1. The Labute approximate surface area is 188 Å². The number of halogens is 3. The van der Waals surface area contributed by atoms with Gasteiger partial charge in [-0.2, -0.15) is 13.2 Å². The molecule has 2 aromatic rings. The van der Waals surface area contributed by atoms with Gasteiger partial charge in [0.25, 0.3) is 0 Å². The van der Waals surface area contributed by atoms with Crippen LogP contribution in [-0.2, 0) is 10.2 Å². The van der Waals surface area contributed by atoms with Crippen molar-refractivity contribution in [2.24, 2.45) is 5.92 Å². The molecule has 2 aromatic carbocycles. The number of anilines is 2. The van der Waals surface area contributed by atoms with Crippen LogP contribution in [0.4, 0.5) is 24.5 Å². The van der Waals surface area contributed by atoms with Crippen LogP contribution in [0, 0.1) is 5.92 Å². The third-order valence-corrected chi connectivity index (χ3v) is 7.20. The molecule has 2 atom stereocenters. The highest BCUT2D eigenvalue weighted by Crippen LogP contribution is 2.49. The number of fused-ring (bicyclic) bond motifs is 1. The second-order valence-electron chi connectivity index (χ2n) is 9.67. The minimum atomic E-state index is -4.90. The maximum Gasteiger partial charge on any atom is 0.471 e. The van der Waals surface area contributed by atoms with E-state index in [0.29, 0.717) is 5.92 Å². The van der Waals surface area contributed by atoms with Gasteiger partial charge in [-0.3, -0.25) is 4.79 Å². The Morgan fingerprint density at radius 1 is 1.12 bits per heavy atom. The molecule has 2 aliphatic rings. The number of carbonyl (C=O) groups is 1. The molecule has 1 heterocycles. The Bertz CT molecular complexity index is 953. The van der Waals surface area contributed by atoms with Gasteiger partial charge in [0.05, 0.1) is 6.04 Å². The maximum absolute atomic E-state index is 12.8. The topological polar surface area (TPSA) is 32.3 Å². The van der Waals surface area contributed by atoms with Crippen LogP contribution < -0.4 is 10.2 Å². The van der Waals surface area contributed by atoms with E-state index in [4.69, 9.17) is 0 Å². The SMILES string of the molecule is CC(c1ccccc1)N1CC(C)(CC2CCCCC2)c2cc(NC(=O)C(F)(F)F)ccc21. The Kier molecular flexibility index (Phi) is 6.24. The number of hydrogen-bond acceptors (Lipinski definition) is 2. The normalized spacial score (nSPS) is 22.5. The lowest BCUT2D eigenvalue weighted by Gasteiger charge is -2.34. The number of carbonyl (C=O) groups excluding carboxylic acids is 1. The van der Waals surface area contributed by atoms with Crippen molar-refractivity contribution in [3.63, 3.8) is 0 Å². The Morgan fingerprint density at radius 3 is 2.47 bits per heavy atom. The average molecular weight is 445 g/mol. The van der Waals surface area contributed by atoms with E-state index in [2.05, 4.69) is 30.9 Å². The van der Waals surface area contributed by atoms with E-state index >= 15 is 0 Å². The van der Waals surface area contributed by atoms with Crippen molar-refractivity contribution >= 4 is 17.3 Å². The molecule has 1 aliphatic heterocycles. The summed E-state index contributed by atoms with van der Waals surface area (Å²) in [5.74, 6) is -1.30. The standard InChI is InChI=1S/C26H31F3N2O/c1-18(20-11-7-4-8-12-20)31-17-25(2,16-19-9-5-3-6-10-19)22-15-21(13-14-23(22)31)30-24(32)26(27,28)29/h4,7-8,11-15,18-19H,3,5-6,9-10,16-17H2,1-2H3,(H,30,32). The third kappa shape index (κ3) is 4.64. The molecule has 1 saturated carbocycles. The van der Waals surface area contributed by atoms with Crippen LogP contribution in [0.5, 0.6) is 0 Å². The highest BCUT2D eigenvalue weighted by Gasteiger charge is 2.43. The third-order valence-electron chi connectivity index (χ3n) is 7.20. The number of benzene rings is 2. The van der Waals surface area contributed by atoms with Gasteiger partial charge in [0.2, 0.25) is 0 Å². The van der Waals surface area contributed by atoms with E-state index in [1.807, 2.05) is 29.6 Å². The molecular weight excluding hydrogens is 413 g/mol. The summed E-state index contributed by atoms with van der Waals surface area (Å²) < 4.78 is 38.4. The van der Waals surface area contributed by atoms with E-state index in [0.717, 1.165) is 24.2 Å². The van der Waals surface area contributed by atoms with E-state index in [1.165, 1.54) is 37.7 Å². The molecule has 1 N–H and O–H groups in total. The molecule has 1 amide bonds. The van der Waals surface area contributed by atoms with E-state index in [1.54, 1.807) is 12.1 Å². The van der Waals surface area contributed by atoms with E-state index < -0.39 is 12.1 Å². The zero-order chi connectivity index (χ0) is 22.9. The van der Waals surface area contributed by atoms with Gasteiger partial charge in [-0.15, -0.1) is 0 Å². The zero-order valence-corrected chi connectivity index (χ0v) is 18.7. The number of hydrogen-bond donors (Lipinski definition) is 1. The minimum Gasteiger partial charge on any atom is -0.364 e. The van der Waals surface area contributed by atoms with Gasteiger partial charge in [-0.25, -0.2) is 0 Å². The fourth-order valence-corrected chi connectivity index (χ4v) is 5.56. The van der Waals surface area contributed by atoms with Crippen LogP contribution in [0.25, 0.3) is 0 Å². The van der Waals surface area contributed by atoms with Crippen molar-refractivity contribution in [3.8, 4) is 0 Å². The predicted molar refractivity (Wildman–Crippen MR) is 122 cm³/mol. The smallest absolute Gasteiger partial charge is 0.364 e. The van der Waals surface area contributed by atoms with Gasteiger partial charge in [0.15, 0.2) is 0 Å². The highest BCUT2D eigenvalue weighted by molar-refractivity contribution is 5.95.